The Hall–Kier alpha value is -1.62. The second-order valence-electron chi connectivity index (χ2n) is 5.32. The first-order chi connectivity index (χ1) is 9.02. The number of halogens is 1. The van der Waals surface area contributed by atoms with Gasteiger partial charge in [-0.05, 0) is 42.6 Å². The van der Waals surface area contributed by atoms with Crippen LogP contribution >= 0.6 is 0 Å². The molecule has 1 aromatic rings. The molecule has 1 heterocycles. The van der Waals surface area contributed by atoms with Crippen molar-refractivity contribution in [3.63, 3.8) is 0 Å². The smallest absolute Gasteiger partial charge is 0.260 e. The van der Waals surface area contributed by atoms with Gasteiger partial charge in [0.05, 0.1) is 0 Å². The molecule has 1 aliphatic heterocycles. The fourth-order valence-electron chi connectivity index (χ4n) is 2.17. The topological polar surface area (TPSA) is 55.6 Å². The predicted octanol–water partition coefficient (Wildman–Crippen LogP) is 1.40. The van der Waals surface area contributed by atoms with Crippen molar-refractivity contribution < 1.29 is 13.9 Å². The molecule has 1 fully saturated rings. The Morgan fingerprint density at radius 2 is 2.16 bits per heavy atom. The maximum absolute atomic E-state index is 12.7. The van der Waals surface area contributed by atoms with Crippen molar-refractivity contribution in [3.8, 4) is 5.75 Å². The van der Waals surface area contributed by atoms with Gasteiger partial charge in [0, 0.05) is 13.1 Å². The van der Waals surface area contributed by atoms with E-state index in [1.807, 2.05) is 0 Å². The lowest BCUT2D eigenvalue weighted by atomic mass is 9.90. The van der Waals surface area contributed by atoms with Gasteiger partial charge < -0.3 is 15.4 Å². The third-order valence-corrected chi connectivity index (χ3v) is 3.58. The molecule has 1 unspecified atom stereocenters. The lowest BCUT2D eigenvalue weighted by molar-refractivity contribution is -0.132. The summed E-state index contributed by atoms with van der Waals surface area (Å²) in [5, 5.41) is 0. The number of nitrogens with two attached hydrogens (primary N) is 1. The fraction of sp³-hybridized carbons (Fsp3) is 0.500. The molecule has 1 saturated heterocycles. The zero-order valence-electron chi connectivity index (χ0n) is 11.1. The molecule has 2 N–H and O–H groups in total. The maximum Gasteiger partial charge on any atom is 0.260 e. The van der Waals surface area contributed by atoms with Gasteiger partial charge in [0.2, 0.25) is 0 Å². The molecule has 0 saturated carbocycles. The molecule has 1 amide bonds. The van der Waals surface area contributed by atoms with Gasteiger partial charge in [-0.1, -0.05) is 6.92 Å². The Bertz CT molecular complexity index is 449. The average molecular weight is 266 g/mol. The minimum atomic E-state index is -0.322. The minimum Gasteiger partial charge on any atom is -0.484 e. The Kier molecular flexibility index (Phi) is 4.04. The molecule has 2 rings (SSSR count). The van der Waals surface area contributed by atoms with Crippen molar-refractivity contribution in [3.05, 3.63) is 30.1 Å². The van der Waals surface area contributed by atoms with Crippen LogP contribution in [0.15, 0.2) is 24.3 Å². The normalized spacial score (nSPS) is 22.6. The molecular weight excluding hydrogens is 247 g/mol. The Morgan fingerprint density at radius 3 is 2.74 bits per heavy atom. The van der Waals surface area contributed by atoms with Crippen LogP contribution in [0.3, 0.4) is 0 Å². The maximum atomic E-state index is 12.7. The monoisotopic (exact) mass is 266 g/mol. The SMILES string of the molecule is CC1(CN)CCN(C(=O)COc2ccc(F)cc2)C1. The molecule has 5 heteroatoms. The van der Waals surface area contributed by atoms with E-state index in [4.69, 9.17) is 10.5 Å². The van der Waals surface area contributed by atoms with Gasteiger partial charge in [-0.25, -0.2) is 4.39 Å². The van der Waals surface area contributed by atoms with Crippen molar-refractivity contribution in [2.75, 3.05) is 26.2 Å². The fourth-order valence-corrected chi connectivity index (χ4v) is 2.17. The van der Waals surface area contributed by atoms with Crippen molar-refractivity contribution in [2.45, 2.75) is 13.3 Å². The first-order valence-corrected chi connectivity index (χ1v) is 6.39. The number of hydrogen-bond acceptors (Lipinski definition) is 3. The number of likely N-dealkylation sites (tertiary alicyclic amines) is 1. The van der Waals surface area contributed by atoms with Gasteiger partial charge in [0.1, 0.15) is 11.6 Å². The Morgan fingerprint density at radius 1 is 1.47 bits per heavy atom. The van der Waals surface area contributed by atoms with Crippen molar-refractivity contribution in [1.29, 1.82) is 0 Å². The summed E-state index contributed by atoms with van der Waals surface area (Å²) in [5.41, 5.74) is 5.72. The summed E-state index contributed by atoms with van der Waals surface area (Å²) in [6.07, 6.45) is 0.922. The molecule has 104 valence electrons. The zero-order chi connectivity index (χ0) is 13.9. The van der Waals surface area contributed by atoms with E-state index in [1.54, 1.807) is 4.90 Å². The second kappa shape index (κ2) is 5.57. The van der Waals surface area contributed by atoms with Crippen LogP contribution in [-0.4, -0.2) is 37.0 Å². The summed E-state index contributed by atoms with van der Waals surface area (Å²) in [4.78, 5) is 13.7. The standard InChI is InChI=1S/C14H19FN2O2/c1-14(9-16)6-7-17(10-14)13(18)8-19-12-4-2-11(15)3-5-12/h2-5H,6-10,16H2,1H3. The Labute approximate surface area is 112 Å². The van der Waals surface area contributed by atoms with Gasteiger partial charge >= 0.3 is 0 Å². The van der Waals surface area contributed by atoms with Gasteiger partial charge in [0.25, 0.3) is 5.91 Å². The molecule has 1 aliphatic rings. The molecular formula is C14H19FN2O2. The molecule has 4 nitrogen and oxygen atoms in total. The van der Waals surface area contributed by atoms with Gasteiger partial charge in [-0.3, -0.25) is 4.79 Å². The minimum absolute atomic E-state index is 0.0194. The summed E-state index contributed by atoms with van der Waals surface area (Å²) in [6, 6.07) is 5.63. The molecule has 0 aliphatic carbocycles. The quantitative estimate of drug-likeness (QED) is 0.896. The summed E-state index contributed by atoms with van der Waals surface area (Å²) < 4.78 is 18.1. The van der Waals surface area contributed by atoms with E-state index in [0.29, 0.717) is 18.8 Å². The van der Waals surface area contributed by atoms with Crippen LogP contribution in [-0.2, 0) is 4.79 Å². The first-order valence-electron chi connectivity index (χ1n) is 6.39. The van der Waals surface area contributed by atoms with Crippen LogP contribution in [0, 0.1) is 11.2 Å². The third-order valence-electron chi connectivity index (χ3n) is 3.58. The van der Waals surface area contributed by atoms with Crippen molar-refractivity contribution >= 4 is 5.91 Å². The van der Waals surface area contributed by atoms with E-state index < -0.39 is 0 Å². The molecule has 19 heavy (non-hydrogen) atoms. The number of nitrogens with zero attached hydrogens (tertiary/aromatic N) is 1. The van der Waals surface area contributed by atoms with Crippen LogP contribution in [0.25, 0.3) is 0 Å². The Balaban J connectivity index is 1.84. The average Bonchev–Trinajstić information content (AvgIpc) is 2.81. The van der Waals surface area contributed by atoms with E-state index in [0.717, 1.165) is 13.0 Å². The largest absolute Gasteiger partial charge is 0.484 e. The molecule has 0 aromatic heterocycles. The van der Waals surface area contributed by atoms with Crippen molar-refractivity contribution in [2.24, 2.45) is 11.1 Å². The van der Waals surface area contributed by atoms with Gasteiger partial charge in [-0.15, -0.1) is 0 Å². The molecule has 1 atom stereocenters. The molecule has 0 spiro atoms. The van der Waals surface area contributed by atoms with E-state index in [-0.39, 0.29) is 23.7 Å². The highest BCUT2D eigenvalue weighted by atomic mass is 19.1. The lowest BCUT2D eigenvalue weighted by Crippen LogP contribution is -2.36. The van der Waals surface area contributed by atoms with Crippen LogP contribution in [0.1, 0.15) is 13.3 Å². The summed E-state index contributed by atoms with van der Waals surface area (Å²) in [7, 11) is 0. The lowest BCUT2D eigenvalue weighted by Gasteiger charge is -2.22. The van der Waals surface area contributed by atoms with E-state index >= 15 is 0 Å². The van der Waals surface area contributed by atoms with E-state index in [9.17, 15) is 9.18 Å². The molecule has 1 aromatic carbocycles. The number of carbonyl (C=O) groups excluding carboxylic acids is 1. The van der Waals surface area contributed by atoms with Crippen LogP contribution in [0.5, 0.6) is 5.75 Å². The second-order valence-corrected chi connectivity index (χ2v) is 5.32. The van der Waals surface area contributed by atoms with Gasteiger partial charge in [-0.2, -0.15) is 0 Å². The number of ether oxygens (including phenoxy) is 1. The summed E-state index contributed by atoms with van der Waals surface area (Å²) in [5.74, 6) is 0.119. The zero-order valence-corrected chi connectivity index (χ0v) is 11.1. The van der Waals surface area contributed by atoms with Crippen LogP contribution < -0.4 is 10.5 Å². The predicted molar refractivity (Wildman–Crippen MR) is 70.3 cm³/mol. The molecule has 0 bridgehead atoms. The number of amides is 1. The number of benzene rings is 1. The highest BCUT2D eigenvalue weighted by Gasteiger charge is 2.34. The molecule has 0 radical (unpaired) electrons. The van der Waals surface area contributed by atoms with E-state index in [1.165, 1.54) is 24.3 Å². The number of rotatable bonds is 4. The third kappa shape index (κ3) is 3.44. The number of carbonyl (C=O) groups is 1. The van der Waals surface area contributed by atoms with Crippen LogP contribution in [0.2, 0.25) is 0 Å². The van der Waals surface area contributed by atoms with Gasteiger partial charge in [0.15, 0.2) is 6.61 Å². The highest BCUT2D eigenvalue weighted by Crippen LogP contribution is 2.28. The first kappa shape index (κ1) is 13.8. The number of hydrogen-bond donors (Lipinski definition) is 1. The highest BCUT2D eigenvalue weighted by molar-refractivity contribution is 5.78. The summed E-state index contributed by atoms with van der Waals surface area (Å²) >= 11 is 0. The van der Waals surface area contributed by atoms with E-state index in [2.05, 4.69) is 6.92 Å². The summed E-state index contributed by atoms with van der Waals surface area (Å²) in [6.45, 7) is 4.04. The van der Waals surface area contributed by atoms with Crippen molar-refractivity contribution in [1.82, 2.24) is 4.90 Å². The van der Waals surface area contributed by atoms with Crippen LogP contribution in [0.4, 0.5) is 4.39 Å².